The summed E-state index contributed by atoms with van der Waals surface area (Å²) in [4.78, 5) is 8.95. The molecule has 0 aliphatic carbocycles. The first-order valence-electron chi connectivity index (χ1n) is 9.03. The summed E-state index contributed by atoms with van der Waals surface area (Å²) in [5.74, 6) is 2.18. The number of anilines is 3. The molecule has 1 heterocycles. The van der Waals surface area contributed by atoms with E-state index in [0.29, 0.717) is 12.5 Å². The number of methoxy groups -OCH3 is 1. The lowest BCUT2D eigenvalue weighted by atomic mass is 9.86. The maximum atomic E-state index is 5.40. The van der Waals surface area contributed by atoms with Gasteiger partial charge in [-0.3, -0.25) is 0 Å². The summed E-state index contributed by atoms with van der Waals surface area (Å²) in [7, 11) is 1.68. The van der Waals surface area contributed by atoms with Crippen molar-refractivity contribution >= 4 is 17.5 Å². The summed E-state index contributed by atoms with van der Waals surface area (Å²) >= 11 is 0. The molecule has 0 amide bonds. The van der Waals surface area contributed by atoms with Gasteiger partial charge in [0, 0.05) is 24.0 Å². The second-order valence-electron chi connectivity index (χ2n) is 7.35. The molecule has 0 aliphatic rings. The van der Waals surface area contributed by atoms with Crippen molar-refractivity contribution in [3.05, 3.63) is 71.9 Å². The zero-order valence-corrected chi connectivity index (χ0v) is 16.3. The van der Waals surface area contributed by atoms with Gasteiger partial charge in [0.2, 0.25) is 5.95 Å². The van der Waals surface area contributed by atoms with Crippen LogP contribution in [0.1, 0.15) is 31.9 Å². The molecule has 0 fully saturated rings. The van der Waals surface area contributed by atoms with E-state index in [1.165, 1.54) is 5.56 Å². The topological polar surface area (TPSA) is 59.1 Å². The Kier molecular flexibility index (Phi) is 5.60. The van der Waals surface area contributed by atoms with Crippen LogP contribution in [-0.2, 0) is 12.0 Å². The van der Waals surface area contributed by atoms with Crippen LogP contribution in [-0.4, -0.2) is 17.1 Å². The molecule has 0 spiro atoms. The first-order chi connectivity index (χ1) is 13.0. The number of rotatable bonds is 6. The average Bonchev–Trinajstić information content (AvgIpc) is 2.66. The van der Waals surface area contributed by atoms with Crippen LogP contribution in [0.2, 0.25) is 0 Å². The van der Waals surface area contributed by atoms with Crippen molar-refractivity contribution in [3.8, 4) is 5.75 Å². The van der Waals surface area contributed by atoms with Gasteiger partial charge >= 0.3 is 0 Å². The van der Waals surface area contributed by atoms with E-state index in [4.69, 9.17) is 4.74 Å². The predicted octanol–water partition coefficient (Wildman–Crippen LogP) is 5.14. The number of hydrogen-bond acceptors (Lipinski definition) is 5. The van der Waals surface area contributed by atoms with Crippen molar-refractivity contribution in [1.82, 2.24) is 9.97 Å². The molecule has 5 nitrogen and oxygen atoms in total. The smallest absolute Gasteiger partial charge is 0.229 e. The van der Waals surface area contributed by atoms with E-state index >= 15 is 0 Å². The fraction of sp³-hybridized carbons (Fsp3) is 0.273. The molecule has 2 aromatic carbocycles. The monoisotopic (exact) mass is 362 g/mol. The number of aromatic nitrogens is 2. The zero-order valence-electron chi connectivity index (χ0n) is 16.3. The quantitative estimate of drug-likeness (QED) is 0.636. The van der Waals surface area contributed by atoms with Crippen LogP contribution < -0.4 is 15.4 Å². The molecule has 5 heteroatoms. The number of nitrogens with zero attached hydrogens (tertiary/aromatic N) is 2. The normalized spacial score (nSPS) is 11.1. The number of hydrogen-bond donors (Lipinski definition) is 2. The predicted molar refractivity (Wildman–Crippen MR) is 111 cm³/mol. The summed E-state index contributed by atoms with van der Waals surface area (Å²) in [5.41, 5.74) is 3.35. The van der Waals surface area contributed by atoms with Gasteiger partial charge in [0.1, 0.15) is 11.6 Å². The molecule has 0 saturated carbocycles. The fourth-order valence-corrected chi connectivity index (χ4v) is 2.92. The van der Waals surface area contributed by atoms with Crippen molar-refractivity contribution < 1.29 is 4.74 Å². The molecule has 1 aromatic heterocycles. The summed E-state index contributed by atoms with van der Waals surface area (Å²) < 4.78 is 5.40. The summed E-state index contributed by atoms with van der Waals surface area (Å²) in [6, 6.07) is 18.1. The van der Waals surface area contributed by atoms with E-state index in [9.17, 15) is 0 Å². The third-order valence-electron chi connectivity index (χ3n) is 4.29. The molecule has 0 bridgehead atoms. The van der Waals surface area contributed by atoms with Crippen molar-refractivity contribution in [2.24, 2.45) is 0 Å². The molecule has 0 atom stereocenters. The highest BCUT2D eigenvalue weighted by molar-refractivity contribution is 5.61. The third-order valence-corrected chi connectivity index (χ3v) is 4.29. The Hall–Kier alpha value is -3.08. The molecule has 140 valence electrons. The van der Waals surface area contributed by atoms with Gasteiger partial charge in [0.05, 0.1) is 7.11 Å². The standard InChI is InChI=1S/C22H26N4O/c1-22(2,3)17-10-6-7-11-18(17)25-21-23-14-13-20(26-21)24-15-16-9-5-8-12-19(16)27-4/h5-14H,15H2,1-4H3,(H2,23,24,25,26). The molecule has 27 heavy (non-hydrogen) atoms. The second kappa shape index (κ2) is 8.08. The van der Waals surface area contributed by atoms with E-state index in [-0.39, 0.29) is 5.41 Å². The van der Waals surface area contributed by atoms with Crippen molar-refractivity contribution in [3.63, 3.8) is 0 Å². The highest BCUT2D eigenvalue weighted by Crippen LogP contribution is 2.30. The largest absolute Gasteiger partial charge is 0.496 e. The molecule has 0 unspecified atom stereocenters. The van der Waals surface area contributed by atoms with Gasteiger partial charge in [0.25, 0.3) is 0 Å². The molecule has 3 rings (SSSR count). The first kappa shape index (κ1) is 18.7. The highest BCUT2D eigenvalue weighted by Gasteiger charge is 2.17. The lowest BCUT2D eigenvalue weighted by Crippen LogP contribution is -2.14. The van der Waals surface area contributed by atoms with Gasteiger partial charge in [-0.2, -0.15) is 4.98 Å². The minimum atomic E-state index is 0.0311. The Labute approximate surface area is 160 Å². The summed E-state index contributed by atoms with van der Waals surface area (Å²) in [6.07, 6.45) is 1.75. The zero-order chi connectivity index (χ0) is 19.3. The van der Waals surface area contributed by atoms with Gasteiger partial charge in [-0.15, -0.1) is 0 Å². The molecular weight excluding hydrogens is 336 g/mol. The van der Waals surface area contributed by atoms with E-state index in [1.807, 2.05) is 36.4 Å². The lowest BCUT2D eigenvalue weighted by Gasteiger charge is -2.23. The molecule has 3 aromatic rings. The van der Waals surface area contributed by atoms with Crippen LogP contribution in [0.15, 0.2) is 60.8 Å². The molecule has 0 radical (unpaired) electrons. The van der Waals surface area contributed by atoms with E-state index in [2.05, 4.69) is 59.6 Å². The number of benzene rings is 2. The minimum Gasteiger partial charge on any atom is -0.496 e. The molecular formula is C22H26N4O. The van der Waals surface area contributed by atoms with Gasteiger partial charge in [-0.25, -0.2) is 4.98 Å². The van der Waals surface area contributed by atoms with E-state index in [1.54, 1.807) is 13.3 Å². The van der Waals surface area contributed by atoms with E-state index in [0.717, 1.165) is 22.8 Å². The first-order valence-corrected chi connectivity index (χ1v) is 9.03. The third kappa shape index (κ3) is 4.76. The molecule has 2 N–H and O–H groups in total. The molecule has 0 saturated heterocycles. The van der Waals surface area contributed by atoms with Crippen molar-refractivity contribution in [2.45, 2.75) is 32.7 Å². The Balaban J connectivity index is 1.75. The van der Waals surface area contributed by atoms with Crippen LogP contribution in [0.25, 0.3) is 0 Å². The molecule has 0 aliphatic heterocycles. The van der Waals surface area contributed by atoms with Gasteiger partial charge in [-0.05, 0) is 29.2 Å². The number of para-hydroxylation sites is 2. The van der Waals surface area contributed by atoms with Gasteiger partial charge in [-0.1, -0.05) is 57.2 Å². The van der Waals surface area contributed by atoms with Crippen LogP contribution in [0, 0.1) is 0 Å². The van der Waals surface area contributed by atoms with Gasteiger partial charge < -0.3 is 15.4 Å². The number of ether oxygens (including phenoxy) is 1. The summed E-state index contributed by atoms with van der Waals surface area (Å²) in [6.45, 7) is 7.21. The maximum Gasteiger partial charge on any atom is 0.229 e. The van der Waals surface area contributed by atoms with Crippen LogP contribution in [0.4, 0.5) is 17.5 Å². The SMILES string of the molecule is COc1ccccc1CNc1ccnc(Nc2ccccc2C(C)(C)C)n1. The fourth-order valence-electron chi connectivity index (χ4n) is 2.92. The Bertz CT molecular complexity index is 903. The van der Waals surface area contributed by atoms with E-state index < -0.39 is 0 Å². The Morgan fingerprint density at radius 3 is 2.48 bits per heavy atom. The average molecular weight is 362 g/mol. The van der Waals surface area contributed by atoms with Gasteiger partial charge in [0.15, 0.2) is 0 Å². The van der Waals surface area contributed by atoms with Crippen molar-refractivity contribution in [2.75, 3.05) is 17.7 Å². The number of nitrogens with one attached hydrogen (secondary N) is 2. The summed E-state index contributed by atoms with van der Waals surface area (Å²) in [5, 5.41) is 6.69. The van der Waals surface area contributed by atoms with Crippen LogP contribution in [0.5, 0.6) is 5.75 Å². The van der Waals surface area contributed by atoms with Crippen molar-refractivity contribution in [1.29, 1.82) is 0 Å². The Morgan fingerprint density at radius 2 is 1.70 bits per heavy atom. The van der Waals surface area contributed by atoms with Crippen LogP contribution in [0.3, 0.4) is 0 Å². The van der Waals surface area contributed by atoms with Crippen LogP contribution >= 0.6 is 0 Å². The Morgan fingerprint density at radius 1 is 0.963 bits per heavy atom. The maximum absolute atomic E-state index is 5.40. The minimum absolute atomic E-state index is 0.0311. The second-order valence-corrected chi connectivity index (χ2v) is 7.35. The highest BCUT2D eigenvalue weighted by atomic mass is 16.5. The lowest BCUT2D eigenvalue weighted by molar-refractivity contribution is 0.410.